The maximum Gasteiger partial charge on any atom is 0.559 e. The van der Waals surface area contributed by atoms with Crippen LogP contribution in [0.4, 0.5) is 0 Å². The van der Waals surface area contributed by atoms with E-state index in [1.807, 2.05) is 0 Å². The van der Waals surface area contributed by atoms with Crippen LogP contribution in [0.15, 0.2) is 0 Å². The molecule has 118 valence electrons. The predicted octanol–water partition coefficient (Wildman–Crippen LogP) is -0.518. The Kier molecular flexibility index (Phi) is 5.58. The molecule has 2 bridgehead atoms. The highest BCUT2D eigenvalue weighted by Crippen LogP contribution is 2.19. The first-order chi connectivity index (χ1) is 9.41. The van der Waals surface area contributed by atoms with Crippen molar-refractivity contribution in [2.24, 2.45) is 0 Å². The molecule has 3 saturated heterocycles. The minimum Gasteiger partial charge on any atom is -0.369 e. The van der Waals surface area contributed by atoms with E-state index in [0.717, 1.165) is 63.2 Å². The predicted molar refractivity (Wildman–Crippen MR) is 80.4 cm³/mol. The number of nitrogens with zero attached hydrogens (tertiary/aromatic N) is 3. The molecule has 3 aliphatic rings. The molecule has 20 heavy (non-hydrogen) atoms. The summed E-state index contributed by atoms with van der Waals surface area (Å²) in [6, 6.07) is 0. The van der Waals surface area contributed by atoms with Crippen molar-refractivity contribution in [3.8, 4) is 0 Å². The molecule has 0 amide bonds. The molecule has 0 aliphatic carbocycles. The number of likely N-dealkylation sites (N-methyl/N-ethyl adjacent to an activating group) is 2. The van der Waals surface area contributed by atoms with Crippen LogP contribution in [0.1, 0.15) is 0 Å². The van der Waals surface area contributed by atoms with Gasteiger partial charge >= 0.3 is 8.80 Å². The highest BCUT2D eigenvalue weighted by molar-refractivity contribution is 6.60. The van der Waals surface area contributed by atoms with Crippen molar-refractivity contribution >= 4 is 8.80 Å². The Bertz CT molecular complexity index is 289. The molecule has 3 rings (SSSR count). The first kappa shape index (κ1) is 16.3. The summed E-state index contributed by atoms with van der Waals surface area (Å²) >= 11 is 0. The molecule has 0 aromatic carbocycles. The summed E-state index contributed by atoms with van der Waals surface area (Å²) in [6.45, 7) is 7.36. The smallest absolute Gasteiger partial charge is 0.369 e. The monoisotopic (exact) mass is 304 g/mol. The van der Waals surface area contributed by atoms with Gasteiger partial charge in [0.05, 0.1) is 40.5 Å². The quantitative estimate of drug-likeness (QED) is 0.504. The second-order valence-corrected chi connectivity index (χ2v) is 9.24. The Balaban J connectivity index is 1.99. The lowest BCUT2D eigenvalue weighted by Crippen LogP contribution is -2.64. The standard InChI is InChI=1S/C13H30N3O3Si/c1-14(2)5-9-16(3,4)13-20-17-10-6-15(7-11-18-20)8-12-19-20/h5-13H2,1-4H3/q+1. The minimum atomic E-state index is -2.51. The van der Waals surface area contributed by atoms with Gasteiger partial charge in [0.2, 0.25) is 0 Å². The molecular formula is C13H30N3O3Si+. The third-order valence-corrected chi connectivity index (χ3v) is 7.14. The summed E-state index contributed by atoms with van der Waals surface area (Å²) in [6.07, 6.45) is 0.862. The first-order valence-corrected chi connectivity index (χ1v) is 9.45. The van der Waals surface area contributed by atoms with Gasteiger partial charge in [-0.1, -0.05) is 0 Å². The van der Waals surface area contributed by atoms with E-state index in [9.17, 15) is 0 Å². The summed E-state index contributed by atoms with van der Waals surface area (Å²) < 4.78 is 19.2. The summed E-state index contributed by atoms with van der Waals surface area (Å²) in [4.78, 5) is 4.57. The van der Waals surface area contributed by atoms with E-state index in [1.54, 1.807) is 0 Å². The van der Waals surface area contributed by atoms with E-state index >= 15 is 0 Å². The largest absolute Gasteiger partial charge is 0.559 e. The number of hydrogen-bond acceptors (Lipinski definition) is 5. The number of hydrogen-bond donors (Lipinski definition) is 0. The molecule has 0 saturated carbocycles. The zero-order chi connectivity index (χ0) is 14.6. The summed E-state index contributed by atoms with van der Waals surface area (Å²) in [5, 5.41) is 0. The maximum atomic E-state index is 6.11. The molecule has 0 radical (unpaired) electrons. The van der Waals surface area contributed by atoms with Gasteiger partial charge in [-0.3, -0.25) is 4.90 Å². The Hall–Kier alpha value is -0.0231. The van der Waals surface area contributed by atoms with Crippen LogP contribution in [-0.2, 0) is 13.3 Å². The first-order valence-electron chi connectivity index (χ1n) is 7.52. The van der Waals surface area contributed by atoms with Gasteiger partial charge in [-0.2, -0.15) is 0 Å². The molecule has 0 aromatic rings. The van der Waals surface area contributed by atoms with Crippen molar-refractivity contribution in [1.29, 1.82) is 0 Å². The Labute approximate surface area is 124 Å². The van der Waals surface area contributed by atoms with Crippen LogP contribution < -0.4 is 0 Å². The molecule has 6 nitrogen and oxygen atoms in total. The van der Waals surface area contributed by atoms with Gasteiger partial charge in [-0.25, -0.2) is 0 Å². The van der Waals surface area contributed by atoms with Gasteiger partial charge in [-0.05, 0) is 14.1 Å². The molecule has 0 unspecified atom stereocenters. The summed E-state index contributed by atoms with van der Waals surface area (Å²) in [7, 11) is 6.20. The third kappa shape index (κ3) is 4.76. The fraction of sp³-hybridized carbons (Fsp3) is 1.00. The number of rotatable bonds is 5. The Morgan fingerprint density at radius 1 is 1.00 bits per heavy atom. The molecule has 7 heteroatoms. The molecule has 0 spiro atoms. The average Bonchev–Trinajstić information content (AvgIpc) is 2.28. The van der Waals surface area contributed by atoms with Crippen molar-refractivity contribution in [2.45, 2.75) is 0 Å². The Morgan fingerprint density at radius 3 is 1.95 bits per heavy atom. The summed E-state index contributed by atoms with van der Waals surface area (Å²) in [5.74, 6) is 0. The average molecular weight is 304 g/mol. The lowest BCUT2D eigenvalue weighted by molar-refractivity contribution is -0.882. The lowest BCUT2D eigenvalue weighted by atomic mass is 10.4. The molecular weight excluding hydrogens is 274 g/mol. The molecule has 3 heterocycles. The molecule has 0 N–H and O–H groups in total. The minimum absolute atomic E-state index is 0.736. The number of fused-ring (bicyclic) bond motifs is 6. The fourth-order valence-corrected chi connectivity index (χ4v) is 5.60. The second-order valence-electron chi connectivity index (χ2n) is 6.69. The highest BCUT2D eigenvalue weighted by Gasteiger charge is 2.50. The van der Waals surface area contributed by atoms with Gasteiger partial charge in [0.1, 0.15) is 6.17 Å². The van der Waals surface area contributed by atoms with Crippen LogP contribution in [0, 0.1) is 0 Å². The fourth-order valence-electron chi connectivity index (χ4n) is 2.66. The third-order valence-electron chi connectivity index (χ3n) is 3.96. The van der Waals surface area contributed by atoms with E-state index in [1.165, 1.54) is 0 Å². The van der Waals surface area contributed by atoms with Crippen molar-refractivity contribution in [2.75, 3.05) is 86.9 Å². The van der Waals surface area contributed by atoms with Crippen LogP contribution in [0.3, 0.4) is 0 Å². The van der Waals surface area contributed by atoms with Crippen LogP contribution >= 0.6 is 0 Å². The van der Waals surface area contributed by atoms with E-state index in [-0.39, 0.29) is 0 Å². The van der Waals surface area contributed by atoms with Crippen molar-refractivity contribution in [3.63, 3.8) is 0 Å². The van der Waals surface area contributed by atoms with E-state index in [4.69, 9.17) is 13.3 Å². The van der Waals surface area contributed by atoms with Crippen LogP contribution in [-0.4, -0.2) is 110 Å². The zero-order valence-electron chi connectivity index (χ0n) is 13.4. The topological polar surface area (TPSA) is 34.2 Å². The van der Waals surface area contributed by atoms with Gasteiger partial charge in [0.25, 0.3) is 0 Å². The zero-order valence-corrected chi connectivity index (χ0v) is 14.4. The lowest BCUT2D eigenvalue weighted by Gasteiger charge is -2.41. The van der Waals surface area contributed by atoms with E-state index < -0.39 is 8.80 Å². The second kappa shape index (κ2) is 6.82. The molecule has 0 aromatic heterocycles. The van der Waals surface area contributed by atoms with E-state index in [2.05, 4.69) is 38.0 Å². The van der Waals surface area contributed by atoms with Crippen LogP contribution in [0.25, 0.3) is 0 Å². The van der Waals surface area contributed by atoms with Gasteiger partial charge in [-0.15, -0.1) is 0 Å². The van der Waals surface area contributed by atoms with Crippen molar-refractivity contribution in [3.05, 3.63) is 0 Å². The summed E-state index contributed by atoms with van der Waals surface area (Å²) in [5.41, 5.74) is 0. The van der Waals surface area contributed by atoms with Gasteiger partial charge in [0.15, 0.2) is 0 Å². The van der Waals surface area contributed by atoms with Crippen molar-refractivity contribution < 1.29 is 17.8 Å². The normalized spacial score (nSPS) is 31.9. The maximum absolute atomic E-state index is 6.11. The molecule has 3 fully saturated rings. The van der Waals surface area contributed by atoms with Crippen LogP contribution in [0.2, 0.25) is 0 Å². The highest BCUT2D eigenvalue weighted by atomic mass is 28.4. The van der Waals surface area contributed by atoms with Crippen molar-refractivity contribution in [1.82, 2.24) is 9.80 Å². The van der Waals surface area contributed by atoms with E-state index in [0.29, 0.717) is 0 Å². The molecule has 3 aliphatic heterocycles. The number of quaternary nitrogens is 1. The SMILES string of the molecule is CN(C)CC[N+](C)(C)C[Si]12OCCN(CCO1)CCO2. The van der Waals surface area contributed by atoms with Gasteiger partial charge < -0.3 is 22.7 Å². The molecule has 0 atom stereocenters. The van der Waals surface area contributed by atoms with Crippen LogP contribution in [0.5, 0.6) is 0 Å². The Morgan fingerprint density at radius 2 is 1.50 bits per heavy atom. The van der Waals surface area contributed by atoms with Gasteiger partial charge in [0, 0.05) is 26.2 Å².